The molecule has 1 rings (SSSR count). The monoisotopic (exact) mass is 242 g/mol. The molecule has 0 aliphatic carbocycles. The number of rotatable bonds is 7. The lowest BCUT2D eigenvalue weighted by Gasteiger charge is -2.14. The van der Waals surface area contributed by atoms with Gasteiger partial charge in [-0.3, -0.25) is 0 Å². The van der Waals surface area contributed by atoms with Crippen LogP contribution in [0.2, 0.25) is 5.15 Å². The summed E-state index contributed by atoms with van der Waals surface area (Å²) in [6.45, 7) is 4.14. The van der Waals surface area contributed by atoms with Crippen LogP contribution in [0.3, 0.4) is 0 Å². The Balaban J connectivity index is 2.26. The maximum Gasteiger partial charge on any atom is 0.129 e. The summed E-state index contributed by atoms with van der Waals surface area (Å²) in [4.78, 5) is 4.02. The van der Waals surface area contributed by atoms with Crippen LogP contribution in [0.5, 0.6) is 0 Å². The van der Waals surface area contributed by atoms with Crippen molar-refractivity contribution in [2.24, 2.45) is 5.92 Å². The second-order valence-corrected chi connectivity index (χ2v) is 4.29. The summed E-state index contributed by atoms with van der Waals surface area (Å²) in [5, 5.41) is 12.7. The van der Waals surface area contributed by atoms with Crippen LogP contribution in [-0.4, -0.2) is 23.2 Å². The zero-order valence-corrected chi connectivity index (χ0v) is 10.4. The number of halogens is 1. The summed E-state index contributed by atoms with van der Waals surface area (Å²) >= 11 is 5.70. The summed E-state index contributed by atoms with van der Waals surface area (Å²) in [6, 6.07) is 3.76. The number of nitrogens with one attached hydrogen (secondary N) is 1. The second kappa shape index (κ2) is 7.60. The summed E-state index contributed by atoms with van der Waals surface area (Å²) < 4.78 is 0. The van der Waals surface area contributed by atoms with Crippen LogP contribution in [0.15, 0.2) is 18.3 Å². The van der Waals surface area contributed by atoms with E-state index in [1.54, 1.807) is 12.3 Å². The predicted octanol–water partition coefficient (Wildman–Crippen LogP) is 2.23. The molecule has 0 aromatic carbocycles. The SMILES string of the molecule is CCC(CCO)CNCc1ccc(Cl)nc1. The summed E-state index contributed by atoms with van der Waals surface area (Å²) in [5.74, 6) is 0.547. The van der Waals surface area contributed by atoms with Gasteiger partial charge in [0.25, 0.3) is 0 Å². The molecule has 90 valence electrons. The lowest BCUT2D eigenvalue weighted by Crippen LogP contribution is -2.22. The number of aliphatic hydroxyl groups excluding tert-OH is 1. The van der Waals surface area contributed by atoms with Crippen LogP contribution < -0.4 is 5.32 Å². The van der Waals surface area contributed by atoms with Crippen molar-refractivity contribution in [1.82, 2.24) is 10.3 Å². The molecule has 1 unspecified atom stereocenters. The second-order valence-electron chi connectivity index (χ2n) is 3.91. The van der Waals surface area contributed by atoms with Gasteiger partial charge in [-0.1, -0.05) is 31.0 Å². The summed E-state index contributed by atoms with van der Waals surface area (Å²) in [6.07, 6.45) is 3.73. The molecular formula is C12H19ClN2O. The van der Waals surface area contributed by atoms with E-state index in [1.165, 1.54) is 0 Å². The maximum absolute atomic E-state index is 8.86. The smallest absolute Gasteiger partial charge is 0.129 e. The van der Waals surface area contributed by atoms with Crippen LogP contribution >= 0.6 is 11.6 Å². The van der Waals surface area contributed by atoms with Crippen molar-refractivity contribution in [3.8, 4) is 0 Å². The Morgan fingerprint density at radius 2 is 2.31 bits per heavy atom. The Morgan fingerprint density at radius 1 is 1.50 bits per heavy atom. The van der Waals surface area contributed by atoms with E-state index in [1.807, 2.05) is 6.07 Å². The average Bonchev–Trinajstić information content (AvgIpc) is 2.30. The molecule has 0 amide bonds. The molecule has 1 atom stereocenters. The van der Waals surface area contributed by atoms with Crippen LogP contribution in [0.25, 0.3) is 0 Å². The summed E-state index contributed by atoms with van der Waals surface area (Å²) in [7, 11) is 0. The Bertz CT molecular complexity index is 290. The van der Waals surface area contributed by atoms with Gasteiger partial charge in [-0.15, -0.1) is 0 Å². The normalized spacial score (nSPS) is 12.7. The van der Waals surface area contributed by atoms with Gasteiger partial charge in [-0.2, -0.15) is 0 Å². The molecule has 0 spiro atoms. The van der Waals surface area contributed by atoms with Gasteiger partial charge in [0.2, 0.25) is 0 Å². The summed E-state index contributed by atoms with van der Waals surface area (Å²) in [5.41, 5.74) is 1.13. The first kappa shape index (κ1) is 13.4. The maximum atomic E-state index is 8.86. The van der Waals surface area contributed by atoms with Gasteiger partial charge in [-0.05, 0) is 30.5 Å². The van der Waals surface area contributed by atoms with E-state index in [9.17, 15) is 0 Å². The van der Waals surface area contributed by atoms with Gasteiger partial charge in [0, 0.05) is 19.3 Å². The van der Waals surface area contributed by atoms with Crippen molar-refractivity contribution in [3.05, 3.63) is 29.0 Å². The standard InChI is InChI=1S/C12H19ClN2O/c1-2-10(5-6-16)7-14-8-11-3-4-12(13)15-9-11/h3-4,9-10,14,16H,2,5-8H2,1H3. The van der Waals surface area contributed by atoms with E-state index in [4.69, 9.17) is 16.7 Å². The number of aromatic nitrogens is 1. The molecule has 16 heavy (non-hydrogen) atoms. The first-order valence-electron chi connectivity index (χ1n) is 5.68. The zero-order chi connectivity index (χ0) is 11.8. The molecule has 3 nitrogen and oxygen atoms in total. The minimum atomic E-state index is 0.267. The molecule has 1 aromatic rings. The van der Waals surface area contributed by atoms with Crippen LogP contribution in [0.4, 0.5) is 0 Å². The fraction of sp³-hybridized carbons (Fsp3) is 0.583. The van der Waals surface area contributed by atoms with Crippen LogP contribution in [0.1, 0.15) is 25.3 Å². The van der Waals surface area contributed by atoms with E-state index >= 15 is 0 Å². The van der Waals surface area contributed by atoms with Crippen molar-refractivity contribution in [2.45, 2.75) is 26.3 Å². The number of hydrogen-bond donors (Lipinski definition) is 2. The number of nitrogens with zero attached hydrogens (tertiary/aromatic N) is 1. The third kappa shape index (κ3) is 4.92. The predicted molar refractivity (Wildman–Crippen MR) is 66.4 cm³/mol. The molecule has 0 aliphatic heterocycles. The highest BCUT2D eigenvalue weighted by Gasteiger charge is 2.04. The van der Waals surface area contributed by atoms with Crippen molar-refractivity contribution in [3.63, 3.8) is 0 Å². The van der Waals surface area contributed by atoms with Gasteiger partial charge in [0.1, 0.15) is 5.15 Å². The first-order chi connectivity index (χ1) is 7.76. The minimum absolute atomic E-state index is 0.267. The van der Waals surface area contributed by atoms with Crippen LogP contribution in [-0.2, 0) is 6.54 Å². The molecule has 0 aliphatic rings. The van der Waals surface area contributed by atoms with E-state index < -0.39 is 0 Å². The average molecular weight is 243 g/mol. The largest absolute Gasteiger partial charge is 0.396 e. The van der Waals surface area contributed by atoms with E-state index in [0.717, 1.165) is 31.5 Å². The molecule has 0 fully saturated rings. The fourth-order valence-corrected chi connectivity index (χ4v) is 1.68. The third-order valence-corrected chi connectivity index (χ3v) is 2.89. The highest BCUT2D eigenvalue weighted by Crippen LogP contribution is 2.07. The Labute approximate surface area is 102 Å². The van der Waals surface area contributed by atoms with Crippen molar-refractivity contribution >= 4 is 11.6 Å². The molecule has 0 radical (unpaired) electrons. The minimum Gasteiger partial charge on any atom is -0.396 e. The third-order valence-electron chi connectivity index (χ3n) is 2.67. The molecule has 2 N–H and O–H groups in total. The van der Waals surface area contributed by atoms with Gasteiger partial charge >= 0.3 is 0 Å². The van der Waals surface area contributed by atoms with Gasteiger partial charge < -0.3 is 10.4 Å². The lowest BCUT2D eigenvalue weighted by molar-refractivity contribution is 0.251. The quantitative estimate of drug-likeness (QED) is 0.721. The molecule has 1 aromatic heterocycles. The molecular weight excluding hydrogens is 224 g/mol. The zero-order valence-electron chi connectivity index (χ0n) is 9.62. The van der Waals surface area contributed by atoms with E-state index in [0.29, 0.717) is 11.1 Å². The van der Waals surface area contributed by atoms with Gasteiger partial charge in [-0.25, -0.2) is 4.98 Å². The number of hydrogen-bond acceptors (Lipinski definition) is 3. The Morgan fingerprint density at radius 3 is 2.88 bits per heavy atom. The molecule has 1 heterocycles. The van der Waals surface area contributed by atoms with E-state index in [-0.39, 0.29) is 6.61 Å². The van der Waals surface area contributed by atoms with Gasteiger partial charge in [0.15, 0.2) is 0 Å². The highest BCUT2D eigenvalue weighted by atomic mass is 35.5. The first-order valence-corrected chi connectivity index (χ1v) is 6.06. The molecule has 0 bridgehead atoms. The molecule has 0 saturated carbocycles. The van der Waals surface area contributed by atoms with Gasteiger partial charge in [0.05, 0.1) is 0 Å². The van der Waals surface area contributed by atoms with Crippen molar-refractivity contribution in [1.29, 1.82) is 0 Å². The number of pyridine rings is 1. The number of aliphatic hydroxyl groups is 1. The van der Waals surface area contributed by atoms with Crippen molar-refractivity contribution < 1.29 is 5.11 Å². The topological polar surface area (TPSA) is 45.1 Å². The van der Waals surface area contributed by atoms with Crippen molar-refractivity contribution in [2.75, 3.05) is 13.2 Å². The fourth-order valence-electron chi connectivity index (χ4n) is 1.56. The highest BCUT2D eigenvalue weighted by molar-refractivity contribution is 6.29. The Kier molecular flexibility index (Phi) is 6.38. The lowest BCUT2D eigenvalue weighted by atomic mass is 10.0. The van der Waals surface area contributed by atoms with Crippen LogP contribution in [0, 0.1) is 5.92 Å². The molecule has 0 saturated heterocycles. The molecule has 4 heteroatoms. The van der Waals surface area contributed by atoms with E-state index in [2.05, 4.69) is 17.2 Å². The Hall–Kier alpha value is -0.640.